The predicted molar refractivity (Wildman–Crippen MR) is 67.5 cm³/mol. The second-order valence-electron chi connectivity index (χ2n) is 4.20. The number of nitrogens with zero attached hydrogens (tertiary/aromatic N) is 1. The first kappa shape index (κ1) is 14.4. The van der Waals surface area contributed by atoms with E-state index in [4.69, 9.17) is 9.47 Å². The number of benzene rings is 1. The van der Waals surface area contributed by atoms with Crippen molar-refractivity contribution in [2.45, 2.75) is 13.0 Å². The van der Waals surface area contributed by atoms with E-state index in [0.29, 0.717) is 5.69 Å². The molecule has 1 aromatic carbocycles. The number of anilines is 1. The molecule has 0 fully saturated rings. The zero-order valence-corrected chi connectivity index (χ0v) is 11.1. The molecule has 100 valence electrons. The van der Waals surface area contributed by atoms with Gasteiger partial charge in [0, 0.05) is 26.9 Å². The lowest BCUT2D eigenvalue weighted by atomic mass is 10.2. The summed E-state index contributed by atoms with van der Waals surface area (Å²) in [6.07, 6.45) is -0.210. The highest BCUT2D eigenvalue weighted by Crippen LogP contribution is 2.17. The fourth-order valence-corrected chi connectivity index (χ4v) is 1.29. The second-order valence-corrected chi connectivity index (χ2v) is 4.20. The van der Waals surface area contributed by atoms with Crippen LogP contribution in [0.15, 0.2) is 18.2 Å². The summed E-state index contributed by atoms with van der Waals surface area (Å²) >= 11 is 0. The van der Waals surface area contributed by atoms with E-state index in [9.17, 15) is 9.18 Å². The molecule has 4 nitrogen and oxygen atoms in total. The van der Waals surface area contributed by atoms with Crippen molar-refractivity contribution in [2.75, 3.05) is 32.7 Å². The van der Waals surface area contributed by atoms with E-state index < -0.39 is 11.8 Å². The van der Waals surface area contributed by atoms with Gasteiger partial charge < -0.3 is 14.4 Å². The van der Waals surface area contributed by atoms with Crippen molar-refractivity contribution in [2.24, 2.45) is 0 Å². The molecular formula is C13H18FNO3. The Bertz CT molecular complexity index is 421. The predicted octanol–water partition coefficient (Wildman–Crippen LogP) is 2.08. The maximum atomic E-state index is 13.7. The molecule has 0 bridgehead atoms. The molecule has 0 saturated heterocycles. The molecule has 0 aliphatic heterocycles. The standard InChI is InChI=1S/C13H18FNO3/c1-9(17-4)8-18-13(16)11-6-5-10(15(2)3)7-12(11)14/h5-7,9H,8H2,1-4H3. The highest BCUT2D eigenvalue weighted by molar-refractivity contribution is 5.90. The largest absolute Gasteiger partial charge is 0.459 e. The minimum Gasteiger partial charge on any atom is -0.459 e. The molecule has 0 aromatic heterocycles. The van der Waals surface area contributed by atoms with Gasteiger partial charge in [0.1, 0.15) is 12.4 Å². The summed E-state index contributed by atoms with van der Waals surface area (Å²) in [5.74, 6) is -1.27. The molecule has 0 spiro atoms. The molecule has 0 heterocycles. The van der Waals surface area contributed by atoms with Crippen LogP contribution in [0.4, 0.5) is 10.1 Å². The Hall–Kier alpha value is -1.62. The molecule has 1 atom stereocenters. The molecule has 0 aliphatic carbocycles. The van der Waals surface area contributed by atoms with Crippen LogP contribution in [0.5, 0.6) is 0 Å². The maximum absolute atomic E-state index is 13.7. The van der Waals surface area contributed by atoms with E-state index >= 15 is 0 Å². The van der Waals surface area contributed by atoms with Gasteiger partial charge in [-0.2, -0.15) is 0 Å². The molecule has 5 heteroatoms. The highest BCUT2D eigenvalue weighted by Gasteiger charge is 2.15. The van der Waals surface area contributed by atoms with Crippen LogP contribution in [0.3, 0.4) is 0 Å². The van der Waals surface area contributed by atoms with Crippen molar-refractivity contribution in [3.05, 3.63) is 29.6 Å². The number of esters is 1. The quantitative estimate of drug-likeness (QED) is 0.755. The van der Waals surface area contributed by atoms with Gasteiger partial charge in [0.15, 0.2) is 0 Å². The van der Waals surface area contributed by atoms with E-state index in [2.05, 4.69) is 0 Å². The zero-order chi connectivity index (χ0) is 13.7. The van der Waals surface area contributed by atoms with Crippen molar-refractivity contribution in [3.8, 4) is 0 Å². The topological polar surface area (TPSA) is 38.8 Å². The summed E-state index contributed by atoms with van der Waals surface area (Å²) in [4.78, 5) is 13.4. The highest BCUT2D eigenvalue weighted by atomic mass is 19.1. The average Bonchev–Trinajstić information content (AvgIpc) is 2.35. The molecule has 0 N–H and O–H groups in total. The van der Waals surface area contributed by atoms with E-state index in [1.165, 1.54) is 19.2 Å². The SMILES string of the molecule is COC(C)COC(=O)c1ccc(N(C)C)cc1F. The number of ether oxygens (including phenoxy) is 2. The zero-order valence-electron chi connectivity index (χ0n) is 11.1. The minimum atomic E-state index is -0.679. The Kier molecular flexibility index (Phi) is 5.09. The van der Waals surface area contributed by atoms with Crippen LogP contribution in [0.25, 0.3) is 0 Å². The van der Waals surface area contributed by atoms with Crippen molar-refractivity contribution in [1.82, 2.24) is 0 Å². The van der Waals surface area contributed by atoms with Crippen LogP contribution in [-0.4, -0.2) is 39.9 Å². The van der Waals surface area contributed by atoms with Gasteiger partial charge in [0.05, 0.1) is 11.7 Å². The van der Waals surface area contributed by atoms with Crippen molar-refractivity contribution in [3.63, 3.8) is 0 Å². The maximum Gasteiger partial charge on any atom is 0.341 e. The number of hydrogen-bond acceptors (Lipinski definition) is 4. The smallest absolute Gasteiger partial charge is 0.341 e. The van der Waals surface area contributed by atoms with Gasteiger partial charge in [-0.1, -0.05) is 0 Å². The molecule has 18 heavy (non-hydrogen) atoms. The van der Waals surface area contributed by atoms with Gasteiger partial charge in [-0.05, 0) is 25.1 Å². The number of carbonyl (C=O) groups excluding carboxylic acids is 1. The van der Waals surface area contributed by atoms with E-state index in [1.807, 2.05) is 0 Å². The number of hydrogen-bond donors (Lipinski definition) is 0. The lowest BCUT2D eigenvalue weighted by molar-refractivity contribution is 0.0165. The summed E-state index contributed by atoms with van der Waals surface area (Å²) in [5.41, 5.74) is 0.623. The van der Waals surface area contributed by atoms with Crippen molar-refractivity contribution >= 4 is 11.7 Å². The fourth-order valence-electron chi connectivity index (χ4n) is 1.29. The first-order chi connectivity index (χ1) is 8.45. The molecule has 0 aliphatic rings. The van der Waals surface area contributed by atoms with Crippen molar-refractivity contribution in [1.29, 1.82) is 0 Å². The Morgan fingerprint density at radius 3 is 2.61 bits per heavy atom. The van der Waals surface area contributed by atoms with Gasteiger partial charge in [-0.3, -0.25) is 0 Å². The molecule has 1 rings (SSSR count). The third-order valence-electron chi connectivity index (χ3n) is 2.54. The van der Waals surface area contributed by atoms with E-state index in [0.717, 1.165) is 0 Å². The van der Waals surface area contributed by atoms with Crippen LogP contribution in [0.2, 0.25) is 0 Å². The molecule has 0 amide bonds. The number of rotatable bonds is 5. The van der Waals surface area contributed by atoms with Crippen LogP contribution in [0, 0.1) is 5.82 Å². The lowest BCUT2D eigenvalue weighted by Crippen LogP contribution is -2.18. The monoisotopic (exact) mass is 255 g/mol. The first-order valence-corrected chi connectivity index (χ1v) is 5.62. The number of methoxy groups -OCH3 is 1. The Labute approximate surface area is 106 Å². The summed E-state index contributed by atoms with van der Waals surface area (Å²) in [5, 5.41) is 0. The van der Waals surface area contributed by atoms with Crippen LogP contribution in [-0.2, 0) is 9.47 Å². The Balaban J connectivity index is 2.74. The second kappa shape index (κ2) is 6.35. The van der Waals surface area contributed by atoms with Crippen LogP contribution in [0.1, 0.15) is 17.3 Å². The van der Waals surface area contributed by atoms with E-state index in [-0.39, 0.29) is 18.3 Å². The third kappa shape index (κ3) is 3.70. The Morgan fingerprint density at radius 2 is 2.11 bits per heavy atom. The van der Waals surface area contributed by atoms with Gasteiger partial charge in [-0.25, -0.2) is 9.18 Å². The summed E-state index contributed by atoms with van der Waals surface area (Å²) < 4.78 is 23.6. The molecule has 0 radical (unpaired) electrons. The summed E-state index contributed by atoms with van der Waals surface area (Å²) in [6, 6.07) is 4.39. The summed E-state index contributed by atoms with van der Waals surface area (Å²) in [7, 11) is 5.12. The average molecular weight is 255 g/mol. The number of halogens is 1. The van der Waals surface area contributed by atoms with Crippen LogP contribution >= 0.6 is 0 Å². The molecule has 0 saturated carbocycles. The van der Waals surface area contributed by atoms with E-state index in [1.54, 1.807) is 32.0 Å². The Morgan fingerprint density at radius 1 is 1.44 bits per heavy atom. The van der Waals surface area contributed by atoms with Gasteiger partial charge in [0.2, 0.25) is 0 Å². The van der Waals surface area contributed by atoms with Gasteiger partial charge >= 0.3 is 5.97 Å². The van der Waals surface area contributed by atoms with Gasteiger partial charge in [-0.15, -0.1) is 0 Å². The molecular weight excluding hydrogens is 237 g/mol. The lowest BCUT2D eigenvalue weighted by Gasteiger charge is -2.14. The van der Waals surface area contributed by atoms with Gasteiger partial charge in [0.25, 0.3) is 0 Å². The van der Waals surface area contributed by atoms with Crippen LogP contribution < -0.4 is 4.90 Å². The number of carbonyl (C=O) groups is 1. The molecule has 1 unspecified atom stereocenters. The summed E-state index contributed by atoms with van der Waals surface area (Å²) in [6.45, 7) is 1.86. The third-order valence-corrected chi connectivity index (χ3v) is 2.54. The minimum absolute atomic E-state index is 0.0658. The first-order valence-electron chi connectivity index (χ1n) is 5.62. The fraction of sp³-hybridized carbons (Fsp3) is 0.462. The molecule has 1 aromatic rings. The normalized spacial score (nSPS) is 12.1. The van der Waals surface area contributed by atoms with Crippen molar-refractivity contribution < 1.29 is 18.7 Å².